The summed E-state index contributed by atoms with van der Waals surface area (Å²) in [7, 11) is 0. The van der Waals surface area contributed by atoms with Crippen LogP contribution in [0.1, 0.15) is 18.7 Å². The first-order valence-corrected chi connectivity index (χ1v) is 6.01. The molecule has 0 fully saturated rings. The van der Waals surface area contributed by atoms with E-state index in [1.54, 1.807) is 18.1 Å². The molecule has 0 spiro atoms. The normalized spacial score (nSPS) is 12.7. The molecule has 0 radical (unpaired) electrons. The van der Waals surface area contributed by atoms with Crippen molar-refractivity contribution in [1.82, 2.24) is 14.3 Å². The van der Waals surface area contributed by atoms with Crippen LogP contribution in [0.15, 0.2) is 33.9 Å². The highest BCUT2D eigenvalue weighted by molar-refractivity contribution is 8.01. The quantitative estimate of drug-likeness (QED) is 0.887. The zero-order valence-corrected chi connectivity index (χ0v) is 9.76. The van der Waals surface area contributed by atoms with Crippen LogP contribution >= 0.6 is 23.3 Å². The van der Waals surface area contributed by atoms with E-state index in [0.717, 1.165) is 14.9 Å². The molecule has 0 aliphatic carbocycles. The van der Waals surface area contributed by atoms with Crippen molar-refractivity contribution >= 4 is 23.3 Å². The predicted octanol–water partition coefficient (Wildman–Crippen LogP) is 2.10. The van der Waals surface area contributed by atoms with E-state index in [4.69, 9.17) is 5.73 Å². The van der Waals surface area contributed by atoms with Gasteiger partial charge in [0.25, 0.3) is 0 Å². The fourth-order valence-electron chi connectivity index (χ4n) is 1.03. The second kappa shape index (κ2) is 4.69. The Kier molecular flexibility index (Phi) is 3.30. The summed E-state index contributed by atoms with van der Waals surface area (Å²) >= 11 is 2.93. The van der Waals surface area contributed by atoms with Gasteiger partial charge in [0.05, 0.1) is 5.69 Å². The Bertz CT molecular complexity index is 410. The first-order valence-electron chi connectivity index (χ1n) is 4.42. The SMILES string of the molecule is CC(N)c1ccc(Sc2ncns2)cn1. The molecular formula is C9H10N4S2. The maximum absolute atomic E-state index is 5.71. The number of hydrogen-bond acceptors (Lipinski definition) is 6. The molecule has 0 saturated heterocycles. The van der Waals surface area contributed by atoms with E-state index in [9.17, 15) is 0 Å². The van der Waals surface area contributed by atoms with E-state index >= 15 is 0 Å². The van der Waals surface area contributed by atoms with E-state index in [-0.39, 0.29) is 6.04 Å². The van der Waals surface area contributed by atoms with Gasteiger partial charge in [0.2, 0.25) is 0 Å². The Morgan fingerprint density at radius 1 is 1.40 bits per heavy atom. The van der Waals surface area contributed by atoms with Crippen molar-refractivity contribution in [3.05, 3.63) is 30.4 Å². The van der Waals surface area contributed by atoms with E-state index in [1.807, 2.05) is 25.3 Å². The van der Waals surface area contributed by atoms with Crippen LogP contribution in [-0.2, 0) is 0 Å². The van der Waals surface area contributed by atoms with Crippen LogP contribution in [0, 0.1) is 0 Å². The van der Waals surface area contributed by atoms with E-state index in [0.29, 0.717) is 0 Å². The summed E-state index contributed by atoms with van der Waals surface area (Å²) in [6, 6.07) is 3.91. The molecule has 0 saturated carbocycles. The highest BCUT2D eigenvalue weighted by Crippen LogP contribution is 2.27. The number of nitrogens with zero attached hydrogens (tertiary/aromatic N) is 3. The molecule has 1 unspecified atom stereocenters. The van der Waals surface area contributed by atoms with Crippen molar-refractivity contribution in [2.75, 3.05) is 0 Å². The molecule has 4 nitrogen and oxygen atoms in total. The number of hydrogen-bond donors (Lipinski definition) is 1. The molecule has 0 aromatic carbocycles. The average molecular weight is 238 g/mol. The van der Waals surface area contributed by atoms with Crippen molar-refractivity contribution in [2.45, 2.75) is 22.2 Å². The third-order valence-corrected chi connectivity index (χ3v) is 3.46. The Balaban J connectivity index is 2.11. The monoisotopic (exact) mass is 238 g/mol. The lowest BCUT2D eigenvalue weighted by Gasteiger charge is -2.04. The summed E-state index contributed by atoms with van der Waals surface area (Å²) in [5.74, 6) is 0. The number of nitrogens with two attached hydrogens (primary N) is 1. The maximum Gasteiger partial charge on any atom is 0.174 e. The molecule has 0 aliphatic rings. The zero-order chi connectivity index (χ0) is 10.7. The van der Waals surface area contributed by atoms with Gasteiger partial charge in [-0.05, 0) is 30.6 Å². The van der Waals surface area contributed by atoms with Crippen molar-refractivity contribution in [2.24, 2.45) is 5.73 Å². The molecule has 2 rings (SSSR count). The topological polar surface area (TPSA) is 64.7 Å². The van der Waals surface area contributed by atoms with Crippen LogP contribution in [0.25, 0.3) is 0 Å². The lowest BCUT2D eigenvalue weighted by atomic mass is 10.2. The minimum Gasteiger partial charge on any atom is -0.323 e. The van der Waals surface area contributed by atoms with Crippen molar-refractivity contribution < 1.29 is 0 Å². The van der Waals surface area contributed by atoms with E-state index < -0.39 is 0 Å². The zero-order valence-electron chi connectivity index (χ0n) is 8.12. The van der Waals surface area contributed by atoms with Crippen LogP contribution in [0.2, 0.25) is 0 Å². The first kappa shape index (κ1) is 10.5. The second-order valence-corrected chi connectivity index (χ2v) is 5.12. The third-order valence-electron chi connectivity index (χ3n) is 1.77. The van der Waals surface area contributed by atoms with Gasteiger partial charge < -0.3 is 5.73 Å². The van der Waals surface area contributed by atoms with Gasteiger partial charge in [-0.15, -0.1) is 0 Å². The molecular weight excluding hydrogens is 228 g/mol. The molecule has 2 N–H and O–H groups in total. The highest BCUT2D eigenvalue weighted by Gasteiger charge is 2.03. The van der Waals surface area contributed by atoms with Crippen LogP contribution in [0.5, 0.6) is 0 Å². The summed E-state index contributed by atoms with van der Waals surface area (Å²) in [5.41, 5.74) is 6.61. The van der Waals surface area contributed by atoms with Gasteiger partial charge in [0, 0.05) is 17.1 Å². The number of pyridine rings is 1. The van der Waals surface area contributed by atoms with Gasteiger partial charge in [-0.3, -0.25) is 4.98 Å². The molecule has 78 valence electrons. The lowest BCUT2D eigenvalue weighted by molar-refractivity contribution is 0.777. The number of aromatic nitrogens is 3. The molecule has 1 atom stereocenters. The summed E-state index contributed by atoms with van der Waals surface area (Å²) in [6.45, 7) is 1.92. The Morgan fingerprint density at radius 3 is 2.80 bits per heavy atom. The van der Waals surface area contributed by atoms with Gasteiger partial charge in [0.1, 0.15) is 6.33 Å². The second-order valence-electron chi connectivity index (χ2n) is 3.02. The van der Waals surface area contributed by atoms with Crippen molar-refractivity contribution in [3.63, 3.8) is 0 Å². The van der Waals surface area contributed by atoms with Crippen LogP contribution in [0.4, 0.5) is 0 Å². The van der Waals surface area contributed by atoms with Gasteiger partial charge >= 0.3 is 0 Å². The molecule has 2 aromatic rings. The third kappa shape index (κ3) is 2.74. The largest absolute Gasteiger partial charge is 0.323 e. The van der Waals surface area contributed by atoms with Gasteiger partial charge in [0.15, 0.2) is 4.34 Å². The molecule has 15 heavy (non-hydrogen) atoms. The van der Waals surface area contributed by atoms with Crippen LogP contribution < -0.4 is 5.73 Å². The smallest absolute Gasteiger partial charge is 0.174 e. The summed E-state index contributed by atoms with van der Waals surface area (Å²) in [4.78, 5) is 9.41. The molecule has 0 amide bonds. The molecule has 2 aromatic heterocycles. The van der Waals surface area contributed by atoms with Crippen LogP contribution in [-0.4, -0.2) is 14.3 Å². The lowest BCUT2D eigenvalue weighted by Crippen LogP contribution is -2.06. The molecule has 0 aliphatic heterocycles. The molecule has 6 heteroatoms. The predicted molar refractivity (Wildman–Crippen MR) is 60.9 cm³/mol. The Morgan fingerprint density at radius 2 is 2.27 bits per heavy atom. The minimum absolute atomic E-state index is 0.0226. The number of rotatable bonds is 3. The van der Waals surface area contributed by atoms with E-state index in [1.165, 1.54) is 11.5 Å². The first-order chi connectivity index (χ1) is 7.25. The standard InChI is InChI=1S/C9H10N4S2/c1-6(10)8-3-2-7(4-11-8)14-9-12-5-13-15-9/h2-6H,10H2,1H3. The Hall–Kier alpha value is -0.980. The molecule has 0 bridgehead atoms. The fourth-order valence-corrected chi connectivity index (χ4v) is 2.42. The highest BCUT2D eigenvalue weighted by atomic mass is 32.2. The van der Waals surface area contributed by atoms with Gasteiger partial charge in [-0.2, -0.15) is 4.37 Å². The Labute approximate surface area is 96.1 Å². The fraction of sp³-hybridized carbons (Fsp3) is 0.222. The maximum atomic E-state index is 5.71. The molecule has 2 heterocycles. The van der Waals surface area contributed by atoms with Crippen LogP contribution in [0.3, 0.4) is 0 Å². The average Bonchev–Trinajstić information content (AvgIpc) is 2.71. The van der Waals surface area contributed by atoms with Gasteiger partial charge in [-0.25, -0.2) is 4.98 Å². The summed E-state index contributed by atoms with van der Waals surface area (Å²) < 4.78 is 4.86. The summed E-state index contributed by atoms with van der Waals surface area (Å²) in [6.07, 6.45) is 3.36. The van der Waals surface area contributed by atoms with Crippen molar-refractivity contribution in [3.8, 4) is 0 Å². The summed E-state index contributed by atoms with van der Waals surface area (Å²) in [5, 5.41) is 0. The van der Waals surface area contributed by atoms with E-state index in [2.05, 4.69) is 14.3 Å². The van der Waals surface area contributed by atoms with Gasteiger partial charge in [-0.1, -0.05) is 11.8 Å². The minimum atomic E-state index is -0.0226. The van der Waals surface area contributed by atoms with Crippen molar-refractivity contribution in [1.29, 1.82) is 0 Å².